The van der Waals surface area contributed by atoms with Crippen LogP contribution in [0.1, 0.15) is 12.6 Å². The lowest BCUT2D eigenvalue weighted by Crippen LogP contribution is -2.00. The Morgan fingerprint density at radius 1 is 1.27 bits per heavy atom. The molecule has 4 nitrogen and oxygen atoms in total. The second kappa shape index (κ2) is 4.04. The summed E-state index contributed by atoms with van der Waals surface area (Å²) in [6, 6.07) is 7.41. The van der Waals surface area contributed by atoms with Gasteiger partial charge in [-0.3, -0.25) is 4.98 Å². The second-order valence-corrected chi connectivity index (χ2v) is 3.18. The van der Waals surface area contributed by atoms with Crippen molar-refractivity contribution >= 4 is 5.82 Å². The number of anilines is 1. The van der Waals surface area contributed by atoms with Gasteiger partial charge in [-0.05, 0) is 18.6 Å². The van der Waals surface area contributed by atoms with Crippen LogP contribution < -0.4 is 5.73 Å². The zero-order chi connectivity index (χ0) is 10.7. The van der Waals surface area contributed by atoms with Gasteiger partial charge in [0, 0.05) is 18.0 Å². The number of hydrogen-bond donors (Lipinski definition) is 1. The van der Waals surface area contributed by atoms with Gasteiger partial charge < -0.3 is 5.73 Å². The summed E-state index contributed by atoms with van der Waals surface area (Å²) < 4.78 is 0. The zero-order valence-electron chi connectivity index (χ0n) is 8.51. The van der Waals surface area contributed by atoms with Gasteiger partial charge in [0.05, 0.1) is 0 Å². The number of nitrogens with zero attached hydrogens (tertiary/aromatic N) is 3. The van der Waals surface area contributed by atoms with Gasteiger partial charge in [0.1, 0.15) is 11.5 Å². The highest BCUT2D eigenvalue weighted by Crippen LogP contribution is 2.13. The highest BCUT2D eigenvalue weighted by atomic mass is 15.0. The molecular formula is C11H12N4. The van der Waals surface area contributed by atoms with Crippen LogP contribution in [0.25, 0.3) is 11.5 Å². The van der Waals surface area contributed by atoms with Gasteiger partial charge in [-0.1, -0.05) is 13.0 Å². The van der Waals surface area contributed by atoms with E-state index in [4.69, 9.17) is 5.73 Å². The molecule has 0 aliphatic carbocycles. The zero-order valence-corrected chi connectivity index (χ0v) is 8.51. The van der Waals surface area contributed by atoms with Crippen LogP contribution in [0.3, 0.4) is 0 Å². The predicted octanol–water partition coefficient (Wildman–Crippen LogP) is 1.68. The summed E-state index contributed by atoms with van der Waals surface area (Å²) in [5.41, 5.74) is 7.38. The van der Waals surface area contributed by atoms with Crippen LogP contribution in [-0.2, 0) is 6.42 Å². The third kappa shape index (κ3) is 2.10. The third-order valence-corrected chi connectivity index (χ3v) is 2.06. The molecule has 0 bridgehead atoms. The highest BCUT2D eigenvalue weighted by Gasteiger charge is 2.04. The van der Waals surface area contributed by atoms with Gasteiger partial charge in [0.15, 0.2) is 5.82 Å². The minimum absolute atomic E-state index is 0.488. The number of nitrogen functional groups attached to an aromatic ring is 1. The van der Waals surface area contributed by atoms with Gasteiger partial charge in [0.25, 0.3) is 0 Å². The number of hydrogen-bond acceptors (Lipinski definition) is 4. The highest BCUT2D eigenvalue weighted by molar-refractivity contribution is 5.51. The molecule has 2 aromatic rings. The quantitative estimate of drug-likeness (QED) is 0.801. The molecule has 15 heavy (non-hydrogen) atoms. The summed E-state index contributed by atoms with van der Waals surface area (Å²) >= 11 is 0. The first-order valence-electron chi connectivity index (χ1n) is 4.84. The number of nitrogens with two attached hydrogens (primary N) is 1. The monoisotopic (exact) mass is 200 g/mol. The van der Waals surface area contributed by atoms with Crippen LogP contribution in [0, 0.1) is 0 Å². The van der Waals surface area contributed by atoms with Crippen molar-refractivity contribution in [1.29, 1.82) is 0 Å². The fraction of sp³-hybridized carbons (Fsp3) is 0.182. The molecule has 0 amide bonds. The van der Waals surface area contributed by atoms with E-state index in [1.54, 1.807) is 12.3 Å². The first-order valence-corrected chi connectivity index (χ1v) is 4.84. The molecule has 2 heterocycles. The van der Waals surface area contributed by atoms with E-state index in [1.807, 2.05) is 25.1 Å². The van der Waals surface area contributed by atoms with Gasteiger partial charge in [-0.2, -0.15) is 0 Å². The Kier molecular flexibility index (Phi) is 2.58. The number of rotatable bonds is 2. The van der Waals surface area contributed by atoms with Crippen LogP contribution in [-0.4, -0.2) is 15.0 Å². The topological polar surface area (TPSA) is 64.7 Å². The van der Waals surface area contributed by atoms with Crippen molar-refractivity contribution in [3.8, 4) is 11.5 Å². The Hall–Kier alpha value is -1.97. The predicted molar refractivity (Wildman–Crippen MR) is 59.1 cm³/mol. The molecule has 0 unspecified atom stereocenters. The molecule has 2 aromatic heterocycles. The number of aryl methyl sites for hydroxylation is 1. The van der Waals surface area contributed by atoms with Crippen LogP contribution in [0.5, 0.6) is 0 Å². The van der Waals surface area contributed by atoms with Crippen LogP contribution in [0.2, 0.25) is 0 Å². The molecule has 0 atom stereocenters. The summed E-state index contributed by atoms with van der Waals surface area (Å²) in [5.74, 6) is 1.08. The summed E-state index contributed by atoms with van der Waals surface area (Å²) in [4.78, 5) is 12.7. The summed E-state index contributed by atoms with van der Waals surface area (Å²) in [6.45, 7) is 2.03. The normalized spacial score (nSPS) is 10.2. The molecule has 0 spiro atoms. The van der Waals surface area contributed by atoms with Crippen LogP contribution >= 0.6 is 0 Å². The van der Waals surface area contributed by atoms with E-state index < -0.39 is 0 Å². The Labute approximate surface area is 88.2 Å². The van der Waals surface area contributed by atoms with Gasteiger partial charge in [0.2, 0.25) is 0 Å². The fourth-order valence-corrected chi connectivity index (χ4v) is 1.31. The van der Waals surface area contributed by atoms with Crippen LogP contribution in [0.15, 0.2) is 30.5 Å². The van der Waals surface area contributed by atoms with Crippen molar-refractivity contribution < 1.29 is 0 Å². The molecular weight excluding hydrogens is 188 g/mol. The average Bonchev–Trinajstić information content (AvgIpc) is 2.29. The van der Waals surface area contributed by atoms with E-state index in [-0.39, 0.29) is 0 Å². The minimum atomic E-state index is 0.488. The van der Waals surface area contributed by atoms with E-state index in [9.17, 15) is 0 Å². The molecule has 0 aliphatic heterocycles. The summed E-state index contributed by atoms with van der Waals surface area (Å²) in [7, 11) is 0. The largest absolute Gasteiger partial charge is 0.384 e. The first-order chi connectivity index (χ1) is 7.29. The van der Waals surface area contributed by atoms with Crippen molar-refractivity contribution in [3.05, 3.63) is 36.2 Å². The Morgan fingerprint density at radius 3 is 2.80 bits per heavy atom. The maximum atomic E-state index is 5.69. The molecule has 2 N–H and O–H groups in total. The van der Waals surface area contributed by atoms with E-state index in [2.05, 4.69) is 15.0 Å². The van der Waals surface area contributed by atoms with E-state index in [0.717, 1.165) is 17.8 Å². The standard InChI is InChI=1S/C11H12N4/c1-2-8-7-10(12)15-11(14-8)9-5-3-4-6-13-9/h3-7H,2H2,1H3,(H2,12,14,15). The average molecular weight is 200 g/mol. The van der Waals surface area contributed by atoms with Gasteiger partial charge in [-0.15, -0.1) is 0 Å². The smallest absolute Gasteiger partial charge is 0.180 e. The Morgan fingerprint density at radius 2 is 2.13 bits per heavy atom. The minimum Gasteiger partial charge on any atom is -0.384 e. The molecule has 0 aromatic carbocycles. The lowest BCUT2D eigenvalue weighted by atomic mass is 10.3. The maximum absolute atomic E-state index is 5.69. The number of pyridine rings is 1. The second-order valence-electron chi connectivity index (χ2n) is 3.18. The van der Waals surface area contributed by atoms with Gasteiger partial charge >= 0.3 is 0 Å². The third-order valence-electron chi connectivity index (χ3n) is 2.06. The van der Waals surface area contributed by atoms with E-state index >= 15 is 0 Å². The fourth-order valence-electron chi connectivity index (χ4n) is 1.31. The Bertz CT molecular complexity index is 453. The van der Waals surface area contributed by atoms with Gasteiger partial charge in [-0.25, -0.2) is 9.97 Å². The molecule has 0 saturated carbocycles. The SMILES string of the molecule is CCc1cc(N)nc(-c2ccccn2)n1. The lowest BCUT2D eigenvalue weighted by Gasteiger charge is -2.03. The molecule has 0 fully saturated rings. The van der Waals surface area contributed by atoms with Crippen LogP contribution in [0.4, 0.5) is 5.82 Å². The molecule has 0 radical (unpaired) electrons. The molecule has 0 aliphatic rings. The molecule has 0 saturated heterocycles. The van der Waals surface area contributed by atoms with Crippen molar-refractivity contribution in [1.82, 2.24) is 15.0 Å². The molecule has 2 rings (SSSR count). The van der Waals surface area contributed by atoms with E-state index in [0.29, 0.717) is 11.6 Å². The van der Waals surface area contributed by atoms with Crippen molar-refractivity contribution in [2.24, 2.45) is 0 Å². The number of aromatic nitrogens is 3. The Balaban J connectivity index is 2.49. The summed E-state index contributed by atoms with van der Waals surface area (Å²) in [5, 5.41) is 0. The van der Waals surface area contributed by atoms with E-state index in [1.165, 1.54) is 0 Å². The first kappa shape index (κ1) is 9.58. The summed E-state index contributed by atoms with van der Waals surface area (Å²) in [6.07, 6.45) is 2.56. The van der Waals surface area contributed by atoms with Crippen molar-refractivity contribution in [2.45, 2.75) is 13.3 Å². The van der Waals surface area contributed by atoms with Crippen molar-refractivity contribution in [3.63, 3.8) is 0 Å². The molecule has 76 valence electrons. The lowest BCUT2D eigenvalue weighted by molar-refractivity contribution is 1.00. The van der Waals surface area contributed by atoms with Crippen molar-refractivity contribution in [2.75, 3.05) is 5.73 Å². The molecule has 4 heteroatoms. The maximum Gasteiger partial charge on any atom is 0.180 e.